The van der Waals surface area contributed by atoms with Crippen LogP contribution in [0.5, 0.6) is 0 Å². The SMILES string of the molecule is CC/C=C\C/C=C\C/C=C\C/C=C\C/C=C\C/C=C\C/C=C\CCCCCCCCCCCCCC(=O)OC(COC(=O)CCCCCCC/C=C\CCCC)COC(OCC[N+](C)(C)C)C(=O)[O-]. The van der Waals surface area contributed by atoms with Crippen molar-refractivity contribution in [3.63, 3.8) is 0 Å². The van der Waals surface area contributed by atoms with E-state index in [2.05, 4.69) is 111 Å². The first-order valence-electron chi connectivity index (χ1n) is 27.4. The predicted octanol–water partition coefficient (Wildman–Crippen LogP) is 14.4. The molecule has 0 saturated heterocycles. The van der Waals surface area contributed by atoms with Gasteiger partial charge >= 0.3 is 11.9 Å². The summed E-state index contributed by atoms with van der Waals surface area (Å²) < 4.78 is 22.6. The number of hydrogen-bond acceptors (Lipinski definition) is 8. The van der Waals surface area contributed by atoms with Crippen molar-refractivity contribution in [1.29, 1.82) is 0 Å². The van der Waals surface area contributed by atoms with Crippen molar-refractivity contribution in [3.8, 4) is 0 Å². The van der Waals surface area contributed by atoms with Crippen LogP contribution in [0.25, 0.3) is 0 Å². The van der Waals surface area contributed by atoms with Crippen molar-refractivity contribution in [1.82, 2.24) is 0 Å². The highest BCUT2D eigenvalue weighted by atomic mass is 16.7. The first-order chi connectivity index (χ1) is 33.6. The number of carboxylic acids is 1. The molecule has 69 heavy (non-hydrogen) atoms. The lowest BCUT2D eigenvalue weighted by molar-refractivity contribution is -0.870. The normalized spacial score (nSPS) is 13.6. The van der Waals surface area contributed by atoms with Crippen LogP contribution in [0.1, 0.15) is 206 Å². The molecule has 0 saturated carbocycles. The minimum absolute atomic E-state index is 0.142. The van der Waals surface area contributed by atoms with Gasteiger partial charge < -0.3 is 33.3 Å². The number of unbranched alkanes of at least 4 members (excludes halogenated alkanes) is 18. The molecule has 9 nitrogen and oxygen atoms in total. The molecule has 0 bridgehead atoms. The number of carboxylic acid groups (broad SMARTS) is 1. The maximum absolute atomic E-state index is 12.8. The molecule has 0 aliphatic rings. The molecule has 0 amide bonds. The number of ether oxygens (including phenoxy) is 4. The molecular formula is C60H101NO8. The van der Waals surface area contributed by atoms with Crippen molar-refractivity contribution >= 4 is 17.9 Å². The number of nitrogens with zero attached hydrogens (tertiary/aromatic N) is 1. The van der Waals surface area contributed by atoms with Crippen LogP contribution in [0.4, 0.5) is 0 Å². The van der Waals surface area contributed by atoms with Gasteiger partial charge in [-0.2, -0.15) is 0 Å². The Labute approximate surface area is 422 Å². The molecule has 2 atom stereocenters. The zero-order valence-electron chi connectivity index (χ0n) is 44.6. The van der Waals surface area contributed by atoms with Gasteiger partial charge in [-0.25, -0.2) is 0 Å². The average molecular weight is 964 g/mol. The first-order valence-corrected chi connectivity index (χ1v) is 27.4. The van der Waals surface area contributed by atoms with Gasteiger partial charge in [-0.05, 0) is 89.9 Å². The third kappa shape index (κ3) is 51.9. The standard InChI is InChI=1S/C60H101NO8/c1-6-8-10-12-14-16-18-19-20-21-22-23-24-25-26-27-28-29-30-31-32-33-34-35-36-37-38-39-41-43-45-47-49-51-58(63)69-56(55-68-60(59(64)65)66-53-52-61(3,4)5)54-67-57(62)50-48-46-44-42-40-17-15-13-11-9-7-2/h8,10,13-16,19-20,22-23,25-26,28-29,31-32,56,60H,6-7,9,11-12,17-18,21,24,27,30,33-55H2,1-5H3/b10-8-,15-13-,16-14-,20-19-,23-22-,26-25-,29-28-,32-31-. The first kappa shape index (κ1) is 65.2. The van der Waals surface area contributed by atoms with Gasteiger partial charge in [0.1, 0.15) is 13.2 Å². The topological polar surface area (TPSA) is 111 Å². The monoisotopic (exact) mass is 964 g/mol. The Hall–Kier alpha value is -3.79. The van der Waals surface area contributed by atoms with Crippen molar-refractivity contribution in [3.05, 3.63) is 97.2 Å². The molecule has 0 radical (unpaired) electrons. The largest absolute Gasteiger partial charge is 0.545 e. The highest BCUT2D eigenvalue weighted by molar-refractivity contribution is 5.70. The second-order valence-electron chi connectivity index (χ2n) is 19.1. The number of esters is 2. The van der Waals surface area contributed by atoms with Gasteiger partial charge in [-0.1, -0.05) is 201 Å². The minimum Gasteiger partial charge on any atom is -0.545 e. The number of hydrogen-bond donors (Lipinski definition) is 0. The van der Waals surface area contributed by atoms with Gasteiger partial charge in [-0.15, -0.1) is 0 Å². The minimum atomic E-state index is -1.63. The summed E-state index contributed by atoms with van der Waals surface area (Å²) in [5, 5.41) is 11.7. The van der Waals surface area contributed by atoms with Crippen LogP contribution in [-0.4, -0.2) is 82.3 Å². The van der Waals surface area contributed by atoms with Crippen molar-refractivity contribution < 1.29 is 42.9 Å². The fourth-order valence-electron chi connectivity index (χ4n) is 7.08. The Kier molecular flexibility index (Phi) is 47.8. The van der Waals surface area contributed by atoms with Gasteiger partial charge in [0.25, 0.3) is 0 Å². The molecule has 9 heteroatoms. The third-order valence-electron chi connectivity index (χ3n) is 11.3. The molecule has 0 fully saturated rings. The smallest absolute Gasteiger partial charge is 0.306 e. The third-order valence-corrected chi connectivity index (χ3v) is 11.3. The summed E-state index contributed by atoms with van der Waals surface area (Å²) in [6, 6.07) is 0. The number of likely N-dealkylation sites (N-methyl/N-ethyl adjacent to an activating group) is 1. The van der Waals surface area contributed by atoms with Gasteiger partial charge in [0.2, 0.25) is 0 Å². The summed E-state index contributed by atoms with van der Waals surface area (Å²) in [6.45, 7) is 4.56. The Morgan fingerprint density at radius 2 is 0.826 bits per heavy atom. The number of carbonyl (C=O) groups excluding carboxylic acids is 3. The van der Waals surface area contributed by atoms with Crippen molar-refractivity contribution in [2.24, 2.45) is 0 Å². The van der Waals surface area contributed by atoms with E-state index in [9.17, 15) is 19.5 Å². The number of allylic oxidation sites excluding steroid dienone is 16. The molecule has 2 unspecified atom stereocenters. The number of quaternary nitrogens is 1. The maximum Gasteiger partial charge on any atom is 0.306 e. The number of carbonyl (C=O) groups is 3. The van der Waals surface area contributed by atoms with E-state index < -0.39 is 24.3 Å². The summed E-state index contributed by atoms with van der Waals surface area (Å²) in [5.41, 5.74) is 0. The number of rotatable bonds is 49. The van der Waals surface area contributed by atoms with Gasteiger partial charge in [-0.3, -0.25) is 9.59 Å². The highest BCUT2D eigenvalue weighted by Crippen LogP contribution is 2.15. The van der Waals surface area contributed by atoms with Crippen LogP contribution in [-0.2, 0) is 33.3 Å². The van der Waals surface area contributed by atoms with Gasteiger partial charge in [0.15, 0.2) is 12.4 Å². The summed E-state index contributed by atoms with van der Waals surface area (Å²) >= 11 is 0. The fraction of sp³-hybridized carbons (Fsp3) is 0.683. The molecule has 0 aliphatic heterocycles. The average Bonchev–Trinajstić information content (AvgIpc) is 3.31. The van der Waals surface area contributed by atoms with Crippen LogP contribution in [0.3, 0.4) is 0 Å². The molecule has 394 valence electrons. The van der Waals surface area contributed by atoms with Gasteiger partial charge in [0, 0.05) is 12.8 Å². The zero-order chi connectivity index (χ0) is 50.6. The summed E-state index contributed by atoms with van der Waals surface area (Å²) in [4.78, 5) is 37.1. The van der Waals surface area contributed by atoms with Crippen LogP contribution in [0.15, 0.2) is 97.2 Å². The lowest BCUT2D eigenvalue weighted by Crippen LogP contribution is -2.44. The Morgan fingerprint density at radius 1 is 0.449 bits per heavy atom. The zero-order valence-corrected chi connectivity index (χ0v) is 44.6. The molecule has 0 heterocycles. The van der Waals surface area contributed by atoms with Crippen LogP contribution in [0.2, 0.25) is 0 Å². The quantitative estimate of drug-likeness (QED) is 0.0195. The van der Waals surface area contributed by atoms with E-state index in [0.717, 1.165) is 116 Å². The van der Waals surface area contributed by atoms with E-state index in [1.165, 1.54) is 57.8 Å². The molecule has 0 N–H and O–H groups in total. The fourth-order valence-corrected chi connectivity index (χ4v) is 7.08. The van der Waals surface area contributed by atoms with Crippen LogP contribution >= 0.6 is 0 Å². The molecule has 0 aromatic heterocycles. The van der Waals surface area contributed by atoms with E-state index in [1.54, 1.807) is 0 Å². The van der Waals surface area contributed by atoms with Crippen LogP contribution in [0, 0.1) is 0 Å². The molecule has 0 aliphatic carbocycles. The Bertz CT molecular complexity index is 1450. The van der Waals surface area contributed by atoms with E-state index >= 15 is 0 Å². The van der Waals surface area contributed by atoms with Crippen LogP contribution < -0.4 is 5.11 Å². The maximum atomic E-state index is 12.8. The lowest BCUT2D eigenvalue weighted by atomic mass is 10.0. The highest BCUT2D eigenvalue weighted by Gasteiger charge is 2.22. The van der Waals surface area contributed by atoms with Crippen molar-refractivity contribution in [2.75, 3.05) is 47.5 Å². The molecule has 0 rings (SSSR count). The summed E-state index contributed by atoms with van der Waals surface area (Å²) in [7, 11) is 5.90. The summed E-state index contributed by atoms with van der Waals surface area (Å²) in [6.07, 6.45) is 64.6. The molecular weight excluding hydrogens is 863 g/mol. The van der Waals surface area contributed by atoms with E-state index in [0.29, 0.717) is 17.4 Å². The number of aliphatic carboxylic acids is 1. The van der Waals surface area contributed by atoms with E-state index in [-0.39, 0.29) is 38.6 Å². The van der Waals surface area contributed by atoms with Gasteiger partial charge in [0.05, 0.1) is 40.3 Å². The van der Waals surface area contributed by atoms with Crippen molar-refractivity contribution in [2.45, 2.75) is 219 Å². The van der Waals surface area contributed by atoms with E-state index in [1.807, 2.05) is 21.1 Å². The second kappa shape index (κ2) is 50.6. The molecule has 0 spiro atoms. The molecule has 0 aromatic rings. The Balaban J connectivity index is 4.17. The van der Waals surface area contributed by atoms with E-state index in [4.69, 9.17) is 18.9 Å². The molecule has 0 aromatic carbocycles. The Morgan fingerprint density at radius 3 is 1.25 bits per heavy atom. The summed E-state index contributed by atoms with van der Waals surface area (Å²) in [5.74, 6) is -2.31. The second-order valence-corrected chi connectivity index (χ2v) is 19.1. The lowest BCUT2D eigenvalue weighted by Gasteiger charge is -2.26. The predicted molar refractivity (Wildman–Crippen MR) is 287 cm³/mol.